The van der Waals surface area contributed by atoms with Crippen LogP contribution in [0.5, 0.6) is 0 Å². The van der Waals surface area contributed by atoms with Gasteiger partial charge in [0.15, 0.2) is 5.82 Å². The van der Waals surface area contributed by atoms with Crippen molar-refractivity contribution in [1.82, 2.24) is 14.7 Å². The molecule has 25 heavy (non-hydrogen) atoms. The lowest BCUT2D eigenvalue weighted by Gasteiger charge is -2.08. The molecule has 0 saturated heterocycles. The molecule has 2 heterocycles. The van der Waals surface area contributed by atoms with Gasteiger partial charge in [-0.15, -0.1) is 0 Å². The van der Waals surface area contributed by atoms with E-state index in [1.807, 2.05) is 49.6 Å². The van der Waals surface area contributed by atoms with E-state index in [4.69, 9.17) is 4.52 Å². The number of hydrogen-bond acceptors (Lipinski definition) is 3. The largest absolute Gasteiger partial charge is 0.361 e. The Morgan fingerprint density at radius 1 is 1.08 bits per heavy atom. The van der Waals surface area contributed by atoms with E-state index in [2.05, 4.69) is 22.3 Å². The molecule has 0 N–H and O–H groups in total. The van der Waals surface area contributed by atoms with Crippen molar-refractivity contribution < 1.29 is 8.91 Å². The summed E-state index contributed by atoms with van der Waals surface area (Å²) in [5.74, 6) is 1.14. The van der Waals surface area contributed by atoms with Crippen molar-refractivity contribution in [3.05, 3.63) is 71.1 Å². The SMILES string of the molecule is Cc1noc(C)c1-c1cc(F)c2nc(C)n(Cc3ccccc3)c2c1. The van der Waals surface area contributed by atoms with Crippen molar-refractivity contribution in [3.8, 4) is 11.1 Å². The Morgan fingerprint density at radius 3 is 2.52 bits per heavy atom. The summed E-state index contributed by atoms with van der Waals surface area (Å²) >= 11 is 0. The number of halogens is 1. The van der Waals surface area contributed by atoms with Gasteiger partial charge in [-0.2, -0.15) is 0 Å². The van der Waals surface area contributed by atoms with Gasteiger partial charge in [0.2, 0.25) is 0 Å². The van der Waals surface area contributed by atoms with Gasteiger partial charge in [-0.3, -0.25) is 0 Å². The molecule has 0 unspecified atom stereocenters. The lowest BCUT2D eigenvalue weighted by molar-refractivity contribution is 0.393. The van der Waals surface area contributed by atoms with Gasteiger partial charge in [0, 0.05) is 12.1 Å². The summed E-state index contributed by atoms with van der Waals surface area (Å²) < 4.78 is 22.0. The summed E-state index contributed by atoms with van der Waals surface area (Å²) in [6.45, 7) is 6.25. The number of nitrogens with zero attached hydrogens (tertiary/aromatic N) is 3. The van der Waals surface area contributed by atoms with Gasteiger partial charge in [-0.1, -0.05) is 35.5 Å². The second kappa shape index (κ2) is 5.84. The van der Waals surface area contributed by atoms with E-state index in [9.17, 15) is 4.39 Å². The Bertz CT molecular complexity index is 1040. The lowest BCUT2D eigenvalue weighted by atomic mass is 10.0. The maximum absolute atomic E-state index is 14.7. The van der Waals surface area contributed by atoms with Crippen molar-refractivity contribution in [1.29, 1.82) is 0 Å². The molecule has 0 aliphatic heterocycles. The fraction of sp³-hybridized carbons (Fsp3) is 0.200. The van der Waals surface area contributed by atoms with E-state index in [0.29, 0.717) is 17.8 Å². The van der Waals surface area contributed by atoms with Gasteiger partial charge >= 0.3 is 0 Å². The second-order valence-electron chi connectivity index (χ2n) is 6.26. The van der Waals surface area contributed by atoms with Crippen LogP contribution in [0.2, 0.25) is 0 Å². The third-order valence-corrected chi connectivity index (χ3v) is 4.50. The lowest BCUT2D eigenvalue weighted by Crippen LogP contribution is -2.02. The van der Waals surface area contributed by atoms with Gasteiger partial charge in [0.05, 0.1) is 11.2 Å². The predicted molar refractivity (Wildman–Crippen MR) is 94.9 cm³/mol. The predicted octanol–water partition coefficient (Wildman–Crippen LogP) is 4.80. The Hall–Kier alpha value is -2.95. The van der Waals surface area contributed by atoms with Crippen molar-refractivity contribution >= 4 is 11.0 Å². The Morgan fingerprint density at radius 2 is 1.84 bits per heavy atom. The first-order chi connectivity index (χ1) is 12.0. The highest BCUT2D eigenvalue weighted by Gasteiger charge is 2.18. The highest BCUT2D eigenvalue weighted by atomic mass is 19.1. The first-order valence-electron chi connectivity index (χ1n) is 8.18. The van der Waals surface area contributed by atoms with Gasteiger partial charge in [-0.25, -0.2) is 9.37 Å². The van der Waals surface area contributed by atoms with Gasteiger partial charge in [0.25, 0.3) is 0 Å². The summed E-state index contributed by atoms with van der Waals surface area (Å²) in [5.41, 5.74) is 4.66. The fourth-order valence-corrected chi connectivity index (χ4v) is 3.30. The van der Waals surface area contributed by atoms with Crippen LogP contribution in [-0.4, -0.2) is 14.7 Å². The van der Waals surface area contributed by atoms with Crippen LogP contribution in [0.4, 0.5) is 4.39 Å². The number of aromatic nitrogens is 3. The molecule has 0 saturated carbocycles. The number of rotatable bonds is 3. The number of hydrogen-bond donors (Lipinski definition) is 0. The highest BCUT2D eigenvalue weighted by Crippen LogP contribution is 2.31. The Balaban J connectivity index is 1.91. The zero-order chi connectivity index (χ0) is 17.6. The fourth-order valence-electron chi connectivity index (χ4n) is 3.30. The minimum Gasteiger partial charge on any atom is -0.361 e. The molecule has 0 spiro atoms. The molecule has 0 radical (unpaired) electrons. The van der Waals surface area contributed by atoms with Crippen LogP contribution in [0.3, 0.4) is 0 Å². The number of fused-ring (bicyclic) bond motifs is 1. The molecular weight excluding hydrogens is 317 g/mol. The molecule has 5 heteroatoms. The van der Waals surface area contributed by atoms with Crippen LogP contribution in [0, 0.1) is 26.6 Å². The third-order valence-electron chi connectivity index (χ3n) is 4.50. The Kier molecular flexibility index (Phi) is 3.64. The zero-order valence-corrected chi connectivity index (χ0v) is 14.4. The number of imidazole rings is 1. The summed E-state index contributed by atoms with van der Waals surface area (Å²) in [5, 5.41) is 3.98. The first kappa shape index (κ1) is 15.6. The van der Waals surface area contributed by atoms with E-state index in [0.717, 1.165) is 33.7 Å². The molecule has 0 fully saturated rings. The summed E-state index contributed by atoms with van der Waals surface area (Å²) in [7, 11) is 0. The topological polar surface area (TPSA) is 43.9 Å². The van der Waals surface area contributed by atoms with E-state index in [1.165, 1.54) is 6.07 Å². The summed E-state index contributed by atoms with van der Waals surface area (Å²) in [6, 6.07) is 13.6. The molecule has 2 aromatic heterocycles. The molecule has 4 aromatic rings. The Labute approximate surface area is 144 Å². The maximum Gasteiger partial charge on any atom is 0.151 e. The van der Waals surface area contributed by atoms with Crippen molar-refractivity contribution in [2.75, 3.05) is 0 Å². The monoisotopic (exact) mass is 335 g/mol. The maximum atomic E-state index is 14.7. The molecule has 0 aliphatic rings. The molecule has 2 aromatic carbocycles. The third kappa shape index (κ3) is 2.61. The average Bonchev–Trinajstić information content (AvgIpc) is 3.09. The molecule has 0 bridgehead atoms. The standard InChI is InChI=1S/C20H18FN3O/c1-12-19(13(2)25-23-12)16-9-17(21)20-18(10-16)24(14(3)22-20)11-15-7-5-4-6-8-15/h4-10H,11H2,1-3H3. The smallest absolute Gasteiger partial charge is 0.151 e. The second-order valence-corrected chi connectivity index (χ2v) is 6.26. The molecule has 0 atom stereocenters. The van der Waals surface area contributed by atoms with E-state index < -0.39 is 0 Å². The molecule has 0 amide bonds. The molecule has 0 aliphatic carbocycles. The van der Waals surface area contributed by atoms with Crippen molar-refractivity contribution in [2.24, 2.45) is 0 Å². The van der Waals surface area contributed by atoms with Gasteiger partial charge in [-0.05, 0) is 44.0 Å². The van der Waals surface area contributed by atoms with Gasteiger partial charge < -0.3 is 9.09 Å². The minimum absolute atomic E-state index is 0.331. The molecule has 126 valence electrons. The van der Waals surface area contributed by atoms with E-state index in [1.54, 1.807) is 0 Å². The quantitative estimate of drug-likeness (QED) is 0.540. The van der Waals surface area contributed by atoms with Gasteiger partial charge in [0.1, 0.15) is 17.1 Å². The normalized spacial score (nSPS) is 11.4. The van der Waals surface area contributed by atoms with Crippen LogP contribution in [0.25, 0.3) is 22.2 Å². The molecule has 4 nitrogen and oxygen atoms in total. The summed E-state index contributed by atoms with van der Waals surface area (Å²) in [4.78, 5) is 4.42. The van der Waals surface area contributed by atoms with Crippen molar-refractivity contribution in [2.45, 2.75) is 27.3 Å². The number of benzene rings is 2. The van der Waals surface area contributed by atoms with E-state index >= 15 is 0 Å². The van der Waals surface area contributed by atoms with Crippen LogP contribution >= 0.6 is 0 Å². The van der Waals surface area contributed by atoms with Crippen LogP contribution in [0.15, 0.2) is 47.0 Å². The zero-order valence-electron chi connectivity index (χ0n) is 14.4. The summed E-state index contributed by atoms with van der Waals surface area (Å²) in [6.07, 6.45) is 0. The number of aryl methyl sites for hydroxylation is 3. The van der Waals surface area contributed by atoms with Crippen LogP contribution < -0.4 is 0 Å². The van der Waals surface area contributed by atoms with E-state index in [-0.39, 0.29) is 5.82 Å². The van der Waals surface area contributed by atoms with Crippen LogP contribution in [-0.2, 0) is 6.54 Å². The average molecular weight is 335 g/mol. The highest BCUT2D eigenvalue weighted by molar-refractivity contribution is 5.84. The van der Waals surface area contributed by atoms with Crippen molar-refractivity contribution in [3.63, 3.8) is 0 Å². The molecule has 4 rings (SSSR count). The first-order valence-corrected chi connectivity index (χ1v) is 8.18. The minimum atomic E-state index is -0.331. The molecular formula is C20H18FN3O. The van der Waals surface area contributed by atoms with Crippen LogP contribution in [0.1, 0.15) is 22.8 Å².